The summed E-state index contributed by atoms with van der Waals surface area (Å²) < 4.78 is 0. The number of hydrogen-bond acceptors (Lipinski definition) is 1. The number of likely N-dealkylation sites (tertiary alicyclic amines) is 1. The maximum atomic E-state index is 11.8. The van der Waals surface area contributed by atoms with E-state index in [1.807, 2.05) is 11.8 Å². The monoisotopic (exact) mass is 245 g/mol. The number of alkyl halides is 1. The molecule has 74 valence electrons. The molecule has 1 saturated carbocycles. The summed E-state index contributed by atoms with van der Waals surface area (Å²) >= 11 is 3.42. The quantitative estimate of drug-likeness (QED) is 0.684. The Morgan fingerprint density at radius 3 is 2.69 bits per heavy atom. The van der Waals surface area contributed by atoms with Crippen molar-refractivity contribution < 1.29 is 4.79 Å². The maximum Gasteiger partial charge on any atom is 0.236 e. The first kappa shape index (κ1) is 9.50. The van der Waals surface area contributed by atoms with E-state index in [0.29, 0.717) is 11.3 Å². The van der Waals surface area contributed by atoms with Crippen LogP contribution in [0.5, 0.6) is 0 Å². The number of nitrogens with zero attached hydrogens (tertiary/aromatic N) is 1. The summed E-state index contributed by atoms with van der Waals surface area (Å²) in [4.78, 5) is 13.9. The summed E-state index contributed by atoms with van der Waals surface area (Å²) in [7, 11) is 0. The molecule has 0 radical (unpaired) electrons. The van der Waals surface area contributed by atoms with Crippen molar-refractivity contribution in [3.05, 3.63) is 0 Å². The van der Waals surface area contributed by atoms with Crippen LogP contribution in [0, 0.1) is 5.41 Å². The van der Waals surface area contributed by atoms with Crippen LogP contribution in [0.25, 0.3) is 0 Å². The van der Waals surface area contributed by atoms with Gasteiger partial charge < -0.3 is 4.90 Å². The number of halogens is 1. The van der Waals surface area contributed by atoms with Gasteiger partial charge in [0.15, 0.2) is 0 Å². The van der Waals surface area contributed by atoms with Crippen molar-refractivity contribution in [1.82, 2.24) is 4.90 Å². The normalized spacial score (nSPS) is 26.5. The van der Waals surface area contributed by atoms with Gasteiger partial charge >= 0.3 is 0 Å². The fraction of sp³-hybridized carbons (Fsp3) is 0.900. The second-order valence-corrected chi connectivity index (χ2v) is 5.49. The zero-order valence-electron chi connectivity index (χ0n) is 8.05. The van der Waals surface area contributed by atoms with E-state index in [1.165, 1.54) is 19.3 Å². The van der Waals surface area contributed by atoms with Gasteiger partial charge in [-0.05, 0) is 31.1 Å². The Hall–Kier alpha value is -0.0500. The molecule has 0 aromatic heterocycles. The first-order valence-corrected chi connectivity index (χ1v) is 6.01. The van der Waals surface area contributed by atoms with Crippen molar-refractivity contribution in [1.29, 1.82) is 0 Å². The van der Waals surface area contributed by atoms with E-state index in [-0.39, 0.29) is 4.83 Å². The molecule has 1 saturated heterocycles. The summed E-state index contributed by atoms with van der Waals surface area (Å²) in [5, 5.41) is 0. The lowest BCUT2D eigenvalue weighted by atomic mass is 10.1. The van der Waals surface area contributed by atoms with Gasteiger partial charge in [-0.3, -0.25) is 4.79 Å². The number of amides is 1. The Kier molecular flexibility index (Phi) is 2.39. The largest absolute Gasteiger partial charge is 0.341 e. The van der Waals surface area contributed by atoms with Crippen LogP contribution in [-0.4, -0.2) is 28.7 Å². The second kappa shape index (κ2) is 3.26. The van der Waals surface area contributed by atoms with Crippen LogP contribution in [0.4, 0.5) is 0 Å². The van der Waals surface area contributed by atoms with Gasteiger partial charge in [-0.2, -0.15) is 0 Å². The van der Waals surface area contributed by atoms with Crippen LogP contribution in [-0.2, 0) is 4.79 Å². The minimum Gasteiger partial charge on any atom is -0.341 e. The van der Waals surface area contributed by atoms with Crippen molar-refractivity contribution in [2.45, 2.75) is 37.4 Å². The highest BCUT2D eigenvalue weighted by Crippen LogP contribution is 2.52. The lowest BCUT2D eigenvalue weighted by Crippen LogP contribution is -2.34. The highest BCUT2D eigenvalue weighted by Gasteiger charge is 2.49. The first-order valence-electron chi connectivity index (χ1n) is 5.10. The molecule has 1 amide bonds. The van der Waals surface area contributed by atoms with E-state index in [9.17, 15) is 4.79 Å². The molecule has 1 aliphatic carbocycles. The highest BCUT2D eigenvalue weighted by molar-refractivity contribution is 9.10. The molecule has 1 unspecified atom stereocenters. The standard InChI is InChI=1S/C10H16BrNO/c1-2-8(11)9(13)12-6-5-10(7-12)3-4-10/h8H,2-7H2,1H3. The fourth-order valence-corrected chi connectivity index (χ4v) is 2.37. The molecule has 1 aliphatic heterocycles. The Labute approximate surface area is 87.8 Å². The van der Waals surface area contributed by atoms with Crippen LogP contribution in [0.1, 0.15) is 32.6 Å². The third-order valence-electron chi connectivity index (χ3n) is 3.33. The van der Waals surface area contributed by atoms with E-state index in [4.69, 9.17) is 0 Å². The van der Waals surface area contributed by atoms with Gasteiger partial charge in [0, 0.05) is 13.1 Å². The Morgan fingerprint density at radius 2 is 2.23 bits per heavy atom. The summed E-state index contributed by atoms with van der Waals surface area (Å²) in [5.74, 6) is 0.297. The molecular formula is C10H16BrNO. The van der Waals surface area contributed by atoms with Crippen LogP contribution in [0.15, 0.2) is 0 Å². The molecule has 2 nitrogen and oxygen atoms in total. The highest BCUT2D eigenvalue weighted by atomic mass is 79.9. The summed E-state index contributed by atoms with van der Waals surface area (Å²) in [6.07, 6.45) is 4.82. The van der Waals surface area contributed by atoms with Crippen molar-refractivity contribution in [3.63, 3.8) is 0 Å². The molecular weight excluding hydrogens is 230 g/mol. The summed E-state index contributed by atoms with van der Waals surface area (Å²) in [5.41, 5.74) is 0.566. The minimum atomic E-state index is 0.0430. The van der Waals surface area contributed by atoms with Crippen LogP contribution >= 0.6 is 15.9 Å². The van der Waals surface area contributed by atoms with E-state index in [2.05, 4.69) is 15.9 Å². The molecule has 2 aliphatic rings. The zero-order valence-corrected chi connectivity index (χ0v) is 9.64. The molecule has 3 heteroatoms. The van der Waals surface area contributed by atoms with E-state index < -0.39 is 0 Å². The van der Waals surface area contributed by atoms with Crippen LogP contribution < -0.4 is 0 Å². The number of rotatable bonds is 2. The molecule has 1 atom stereocenters. The average molecular weight is 246 g/mol. The number of hydrogen-bond donors (Lipinski definition) is 0. The lowest BCUT2D eigenvalue weighted by molar-refractivity contribution is -0.129. The molecule has 0 aromatic carbocycles. The van der Waals surface area contributed by atoms with Gasteiger partial charge in [-0.15, -0.1) is 0 Å². The Morgan fingerprint density at radius 1 is 1.54 bits per heavy atom. The first-order chi connectivity index (χ1) is 6.17. The van der Waals surface area contributed by atoms with Gasteiger partial charge in [-0.25, -0.2) is 0 Å². The van der Waals surface area contributed by atoms with Gasteiger partial charge in [0.05, 0.1) is 4.83 Å². The third kappa shape index (κ3) is 1.76. The van der Waals surface area contributed by atoms with Crippen molar-refractivity contribution >= 4 is 21.8 Å². The average Bonchev–Trinajstić information content (AvgIpc) is 2.74. The van der Waals surface area contributed by atoms with Crippen LogP contribution in [0.2, 0.25) is 0 Å². The lowest BCUT2D eigenvalue weighted by Gasteiger charge is -2.18. The van der Waals surface area contributed by atoms with Gasteiger partial charge in [0.2, 0.25) is 5.91 Å². The molecule has 1 spiro atoms. The third-order valence-corrected chi connectivity index (χ3v) is 4.37. The number of carbonyl (C=O) groups excluding carboxylic acids is 1. The van der Waals surface area contributed by atoms with Crippen molar-refractivity contribution in [3.8, 4) is 0 Å². The zero-order chi connectivity index (χ0) is 9.47. The van der Waals surface area contributed by atoms with Gasteiger partial charge in [0.1, 0.15) is 0 Å². The topological polar surface area (TPSA) is 20.3 Å². The molecule has 2 fully saturated rings. The molecule has 0 N–H and O–H groups in total. The molecule has 0 aromatic rings. The SMILES string of the molecule is CCC(Br)C(=O)N1CCC2(CC2)C1. The second-order valence-electron chi connectivity index (χ2n) is 4.39. The van der Waals surface area contributed by atoms with Gasteiger partial charge in [-0.1, -0.05) is 22.9 Å². The van der Waals surface area contributed by atoms with Crippen molar-refractivity contribution in [2.75, 3.05) is 13.1 Å². The molecule has 13 heavy (non-hydrogen) atoms. The minimum absolute atomic E-state index is 0.0430. The molecule has 2 rings (SSSR count). The molecule has 1 heterocycles. The summed E-state index contributed by atoms with van der Waals surface area (Å²) in [6, 6.07) is 0. The van der Waals surface area contributed by atoms with E-state index >= 15 is 0 Å². The Balaban J connectivity index is 1.91. The smallest absolute Gasteiger partial charge is 0.236 e. The maximum absolute atomic E-state index is 11.8. The predicted octanol–water partition coefficient (Wildman–Crippen LogP) is 2.17. The van der Waals surface area contributed by atoms with E-state index in [0.717, 1.165) is 19.5 Å². The predicted molar refractivity (Wildman–Crippen MR) is 55.9 cm³/mol. The van der Waals surface area contributed by atoms with Crippen molar-refractivity contribution in [2.24, 2.45) is 5.41 Å². The van der Waals surface area contributed by atoms with E-state index in [1.54, 1.807) is 0 Å². The van der Waals surface area contributed by atoms with Crippen LogP contribution in [0.3, 0.4) is 0 Å². The molecule has 0 bridgehead atoms. The Bertz CT molecular complexity index is 225. The fourth-order valence-electron chi connectivity index (χ4n) is 2.08. The summed E-state index contributed by atoms with van der Waals surface area (Å²) in [6.45, 7) is 4.05. The number of carbonyl (C=O) groups is 1. The van der Waals surface area contributed by atoms with Gasteiger partial charge in [0.25, 0.3) is 0 Å².